The molecule has 0 aliphatic carbocycles. The summed E-state index contributed by atoms with van der Waals surface area (Å²) in [5.74, 6) is -1.87. The van der Waals surface area contributed by atoms with E-state index in [0.29, 0.717) is 12.0 Å². The molecule has 238 valence electrons. The Morgan fingerprint density at radius 1 is 1.00 bits per heavy atom. The number of nitrogens with one attached hydrogen (secondary N) is 2. The molecule has 2 atom stereocenters. The molecule has 0 aromatic heterocycles. The van der Waals surface area contributed by atoms with Crippen LogP contribution in [-0.4, -0.2) is 65.2 Å². The normalized spacial score (nSPS) is 12.8. The highest BCUT2D eigenvalue weighted by atomic mass is 16.6. The minimum Gasteiger partial charge on any atom is -0.507 e. The molecule has 0 bridgehead atoms. The van der Waals surface area contributed by atoms with Crippen LogP contribution in [0.5, 0.6) is 5.75 Å². The fourth-order valence-electron chi connectivity index (χ4n) is 4.53. The van der Waals surface area contributed by atoms with E-state index >= 15 is 0 Å². The lowest BCUT2D eigenvalue weighted by atomic mass is 9.96. The molecule has 3 N–H and O–H groups in total. The second-order valence-electron chi connectivity index (χ2n) is 11.9. The van der Waals surface area contributed by atoms with E-state index in [1.54, 1.807) is 66.7 Å². The molecule has 0 spiro atoms. The van der Waals surface area contributed by atoms with Crippen LogP contribution in [0.4, 0.5) is 4.79 Å². The van der Waals surface area contributed by atoms with Crippen LogP contribution in [0.25, 0.3) is 0 Å². The third-order valence-electron chi connectivity index (χ3n) is 6.70. The molecule has 10 heteroatoms. The summed E-state index contributed by atoms with van der Waals surface area (Å²) in [5, 5.41) is 16.5. The molecule has 0 aliphatic heterocycles. The Kier molecular flexibility index (Phi) is 16.0. The molecule has 1 aromatic carbocycles. The second kappa shape index (κ2) is 18.3. The van der Waals surface area contributed by atoms with Crippen molar-refractivity contribution >= 4 is 23.9 Å². The number of amides is 3. The van der Waals surface area contributed by atoms with Crippen molar-refractivity contribution in [1.82, 2.24) is 15.5 Å². The van der Waals surface area contributed by atoms with Crippen LogP contribution in [0, 0.1) is 12.8 Å². The number of alkyl carbamates (subject to hydrolysis) is 1. The van der Waals surface area contributed by atoms with E-state index in [1.807, 2.05) is 0 Å². The fraction of sp³-hybridized carbons (Fsp3) is 0.688. The topological polar surface area (TPSA) is 134 Å². The third-order valence-corrected chi connectivity index (χ3v) is 6.70. The van der Waals surface area contributed by atoms with Gasteiger partial charge in [0.05, 0.1) is 13.0 Å². The Bertz CT molecular complexity index is 1020. The summed E-state index contributed by atoms with van der Waals surface area (Å²) in [4.78, 5) is 54.1. The van der Waals surface area contributed by atoms with Crippen LogP contribution in [0.1, 0.15) is 111 Å². The van der Waals surface area contributed by atoms with Crippen molar-refractivity contribution in [2.45, 2.75) is 118 Å². The van der Waals surface area contributed by atoms with E-state index in [1.165, 1.54) is 4.90 Å². The highest BCUT2D eigenvalue weighted by molar-refractivity contribution is 5.93. The van der Waals surface area contributed by atoms with E-state index in [2.05, 4.69) is 17.6 Å². The van der Waals surface area contributed by atoms with Crippen LogP contribution in [0.3, 0.4) is 0 Å². The molecule has 0 fully saturated rings. The largest absolute Gasteiger partial charge is 0.507 e. The summed E-state index contributed by atoms with van der Waals surface area (Å²) < 4.78 is 10.4. The van der Waals surface area contributed by atoms with Gasteiger partial charge in [0.25, 0.3) is 0 Å². The Morgan fingerprint density at radius 3 is 2.24 bits per heavy atom. The zero-order chi connectivity index (χ0) is 31.9. The molecule has 1 aromatic rings. The van der Waals surface area contributed by atoms with Gasteiger partial charge < -0.3 is 30.1 Å². The summed E-state index contributed by atoms with van der Waals surface area (Å²) in [6.07, 6.45) is 5.02. The molecule has 0 heterocycles. The Balaban J connectivity index is 3.47. The zero-order valence-electron chi connectivity index (χ0n) is 26.9. The van der Waals surface area contributed by atoms with E-state index < -0.39 is 41.6 Å². The van der Waals surface area contributed by atoms with Gasteiger partial charge in [0.2, 0.25) is 11.8 Å². The van der Waals surface area contributed by atoms with Crippen molar-refractivity contribution in [2.24, 2.45) is 5.92 Å². The number of carbonyl (C=O) groups is 4. The highest BCUT2D eigenvalue weighted by Crippen LogP contribution is 2.33. The lowest BCUT2D eigenvalue weighted by Crippen LogP contribution is -2.55. The summed E-state index contributed by atoms with van der Waals surface area (Å²) >= 11 is 0. The number of aromatic hydroxyl groups is 1. The molecular formula is C32H53N3O7. The van der Waals surface area contributed by atoms with Gasteiger partial charge in [-0.3, -0.25) is 14.4 Å². The number of aryl methyl sites for hydroxylation is 1. The number of phenolic OH excluding ortho intramolecular Hbond substituents is 1. The van der Waals surface area contributed by atoms with Gasteiger partial charge in [0.15, 0.2) is 0 Å². The fourth-order valence-corrected chi connectivity index (χ4v) is 4.53. The maximum atomic E-state index is 14.3. The summed E-state index contributed by atoms with van der Waals surface area (Å²) in [7, 11) is 0. The Labute approximate surface area is 251 Å². The maximum absolute atomic E-state index is 14.3. The predicted octanol–water partition coefficient (Wildman–Crippen LogP) is 5.55. The van der Waals surface area contributed by atoms with Gasteiger partial charge in [-0.1, -0.05) is 71.1 Å². The first kappa shape index (κ1) is 36.7. The first-order valence-electron chi connectivity index (χ1n) is 15.2. The van der Waals surface area contributed by atoms with Crippen LogP contribution in [0.2, 0.25) is 0 Å². The highest BCUT2D eigenvalue weighted by Gasteiger charge is 2.38. The molecule has 0 radical (unpaired) electrons. The third kappa shape index (κ3) is 12.7. The summed E-state index contributed by atoms with van der Waals surface area (Å²) in [6.45, 7) is 14.9. The van der Waals surface area contributed by atoms with Crippen molar-refractivity contribution in [1.29, 1.82) is 0 Å². The zero-order valence-corrected chi connectivity index (χ0v) is 26.9. The van der Waals surface area contributed by atoms with Crippen LogP contribution < -0.4 is 10.6 Å². The van der Waals surface area contributed by atoms with Crippen molar-refractivity contribution in [3.8, 4) is 5.75 Å². The van der Waals surface area contributed by atoms with Crippen molar-refractivity contribution < 1.29 is 33.8 Å². The minimum atomic E-state index is -1.20. The molecule has 1 rings (SSSR count). The smallest absolute Gasteiger partial charge is 0.408 e. The quantitative estimate of drug-likeness (QED) is 0.160. The molecule has 3 amide bonds. The average Bonchev–Trinajstić information content (AvgIpc) is 2.89. The molecule has 0 saturated carbocycles. The van der Waals surface area contributed by atoms with E-state index in [-0.39, 0.29) is 43.3 Å². The van der Waals surface area contributed by atoms with Crippen LogP contribution in [0.15, 0.2) is 18.2 Å². The van der Waals surface area contributed by atoms with Crippen LogP contribution in [-0.2, 0) is 23.9 Å². The van der Waals surface area contributed by atoms with Crippen LogP contribution >= 0.6 is 0 Å². The molecular weight excluding hydrogens is 538 g/mol. The average molecular weight is 592 g/mol. The number of hydrogen-bond donors (Lipinski definition) is 3. The molecule has 0 saturated heterocycles. The number of ether oxygens (including phenoxy) is 2. The number of benzene rings is 1. The van der Waals surface area contributed by atoms with Gasteiger partial charge in [-0.2, -0.15) is 0 Å². The van der Waals surface area contributed by atoms with Crippen molar-refractivity contribution in [3.63, 3.8) is 0 Å². The van der Waals surface area contributed by atoms with E-state index in [4.69, 9.17) is 9.47 Å². The van der Waals surface area contributed by atoms with Gasteiger partial charge in [-0.15, -0.1) is 0 Å². The maximum Gasteiger partial charge on any atom is 0.408 e. The lowest BCUT2D eigenvalue weighted by Gasteiger charge is -2.36. The number of esters is 1. The summed E-state index contributed by atoms with van der Waals surface area (Å²) in [5.41, 5.74) is 0.0560. The number of para-hydroxylation sites is 1. The monoisotopic (exact) mass is 591 g/mol. The van der Waals surface area contributed by atoms with E-state index in [9.17, 15) is 24.3 Å². The van der Waals surface area contributed by atoms with Gasteiger partial charge in [0, 0.05) is 18.7 Å². The standard InChI is InChI=1S/C32H53N3O7/c1-9-11-12-13-14-15-21-35(30(39)26(22(3)4)34-31(40)42-32(6,7)8)27(24-18-16-17-23(5)28(24)37)29(38)33-20-19-25(36)41-10-2/h16-18,22,26-27,37H,9-15,19-21H2,1-8H3,(H,33,38)(H,34,40). The van der Waals surface area contributed by atoms with Crippen molar-refractivity contribution in [2.75, 3.05) is 19.7 Å². The Morgan fingerprint density at radius 2 is 1.64 bits per heavy atom. The molecule has 42 heavy (non-hydrogen) atoms. The predicted molar refractivity (Wildman–Crippen MR) is 163 cm³/mol. The van der Waals surface area contributed by atoms with Gasteiger partial charge in [-0.25, -0.2) is 4.79 Å². The Hall–Kier alpha value is -3.30. The minimum absolute atomic E-state index is 0.00353. The first-order valence-corrected chi connectivity index (χ1v) is 15.2. The second-order valence-corrected chi connectivity index (χ2v) is 11.9. The van der Waals surface area contributed by atoms with Gasteiger partial charge in [-0.05, 0) is 52.5 Å². The number of rotatable bonds is 17. The number of unbranched alkanes of at least 4 members (excludes halogenated alkanes) is 5. The number of hydrogen-bond acceptors (Lipinski definition) is 7. The molecule has 0 aliphatic rings. The molecule has 2 unspecified atom stereocenters. The number of phenols is 1. The summed E-state index contributed by atoms with van der Waals surface area (Å²) in [6, 6.07) is 2.87. The number of carbonyl (C=O) groups excluding carboxylic acids is 4. The first-order chi connectivity index (χ1) is 19.7. The van der Waals surface area contributed by atoms with Gasteiger partial charge in [0.1, 0.15) is 23.4 Å². The molecule has 10 nitrogen and oxygen atoms in total. The van der Waals surface area contributed by atoms with Gasteiger partial charge >= 0.3 is 12.1 Å². The van der Waals surface area contributed by atoms with E-state index in [0.717, 1.165) is 32.1 Å². The van der Waals surface area contributed by atoms with Crippen molar-refractivity contribution in [3.05, 3.63) is 29.3 Å². The lowest BCUT2D eigenvalue weighted by molar-refractivity contribution is -0.145. The SMILES string of the molecule is CCCCCCCCN(C(=O)C(NC(=O)OC(C)(C)C)C(C)C)C(C(=O)NCCC(=O)OCC)c1cccc(C)c1O. The number of nitrogens with zero attached hydrogens (tertiary/aromatic N) is 1.